The Bertz CT molecular complexity index is 548. The third kappa shape index (κ3) is 7.26. The maximum Gasteiger partial charge on any atom is 0.0725 e. The number of hydrogen-bond donors (Lipinski definition) is 0. The van der Waals surface area contributed by atoms with Crippen molar-refractivity contribution in [1.29, 1.82) is 0 Å². The van der Waals surface area contributed by atoms with Gasteiger partial charge in [0.1, 0.15) is 0 Å². The van der Waals surface area contributed by atoms with Crippen molar-refractivity contribution in [3.05, 3.63) is 52.8 Å². The Morgan fingerprint density at radius 1 is 1.04 bits per heavy atom. The van der Waals surface area contributed by atoms with Crippen LogP contribution in [0.5, 0.6) is 0 Å². The molecule has 126 valence electrons. The molecule has 1 unspecified atom stereocenters. The molecule has 0 saturated heterocycles. The van der Waals surface area contributed by atoms with E-state index >= 15 is 0 Å². The predicted molar refractivity (Wildman–Crippen MR) is 92.4 cm³/mol. The highest BCUT2D eigenvalue weighted by Gasteiger charge is 2.05. The Morgan fingerprint density at radius 2 is 1.74 bits per heavy atom. The molecule has 2 rings (SSSR count). The van der Waals surface area contributed by atoms with E-state index in [1.807, 2.05) is 41.2 Å². The van der Waals surface area contributed by atoms with Gasteiger partial charge < -0.3 is 14.2 Å². The Hall–Kier alpha value is -1.21. The monoisotopic (exact) mass is 382 g/mol. The van der Waals surface area contributed by atoms with Crippen molar-refractivity contribution < 1.29 is 14.2 Å². The van der Waals surface area contributed by atoms with E-state index < -0.39 is 0 Å². The molecule has 1 aromatic heterocycles. The largest absolute Gasteiger partial charge is 0.377 e. The number of ether oxygens (including phenoxy) is 3. The third-order valence-corrected chi connectivity index (χ3v) is 3.65. The fourth-order valence-corrected chi connectivity index (χ4v) is 2.29. The standard InChI is InChI=1S/C17H23BrN2O3/c1-15(20-12-17(18)11-19-20)13-22-9-7-21-8-10-23-14-16-5-3-2-4-6-16/h2-6,11-12,15H,7-10,13-14H2,1H3. The second-order valence-corrected chi connectivity index (χ2v) is 6.13. The van der Waals surface area contributed by atoms with Crippen LogP contribution in [0, 0.1) is 0 Å². The number of hydrogen-bond acceptors (Lipinski definition) is 4. The van der Waals surface area contributed by atoms with Gasteiger partial charge in [-0.1, -0.05) is 30.3 Å². The molecule has 1 heterocycles. The van der Waals surface area contributed by atoms with Gasteiger partial charge in [0.05, 0.1) is 56.4 Å². The van der Waals surface area contributed by atoms with Crippen LogP contribution >= 0.6 is 15.9 Å². The number of nitrogens with zero attached hydrogens (tertiary/aromatic N) is 2. The summed E-state index contributed by atoms with van der Waals surface area (Å²) in [5.74, 6) is 0. The van der Waals surface area contributed by atoms with E-state index in [-0.39, 0.29) is 6.04 Å². The van der Waals surface area contributed by atoms with E-state index in [4.69, 9.17) is 14.2 Å². The smallest absolute Gasteiger partial charge is 0.0725 e. The van der Waals surface area contributed by atoms with Gasteiger partial charge in [0.2, 0.25) is 0 Å². The van der Waals surface area contributed by atoms with Crippen molar-refractivity contribution in [2.24, 2.45) is 0 Å². The molecule has 0 fully saturated rings. The molecule has 0 N–H and O–H groups in total. The molecule has 0 bridgehead atoms. The van der Waals surface area contributed by atoms with E-state index in [1.165, 1.54) is 5.56 Å². The van der Waals surface area contributed by atoms with Gasteiger partial charge in [-0.3, -0.25) is 4.68 Å². The van der Waals surface area contributed by atoms with E-state index in [1.54, 1.807) is 6.20 Å². The van der Waals surface area contributed by atoms with E-state index in [0.29, 0.717) is 39.6 Å². The second-order valence-electron chi connectivity index (χ2n) is 5.21. The lowest BCUT2D eigenvalue weighted by Crippen LogP contribution is -2.15. The van der Waals surface area contributed by atoms with Crippen molar-refractivity contribution in [3.63, 3.8) is 0 Å². The second kappa shape index (κ2) is 10.5. The van der Waals surface area contributed by atoms with Crippen molar-refractivity contribution in [2.75, 3.05) is 33.0 Å². The third-order valence-electron chi connectivity index (χ3n) is 3.24. The summed E-state index contributed by atoms with van der Waals surface area (Å²) in [6, 6.07) is 10.3. The number of halogens is 1. The summed E-state index contributed by atoms with van der Waals surface area (Å²) < 4.78 is 19.5. The van der Waals surface area contributed by atoms with Gasteiger partial charge in [0.25, 0.3) is 0 Å². The zero-order valence-corrected chi connectivity index (χ0v) is 14.9. The molecule has 0 aliphatic carbocycles. The van der Waals surface area contributed by atoms with Crippen LogP contribution in [0.1, 0.15) is 18.5 Å². The highest BCUT2D eigenvalue weighted by molar-refractivity contribution is 9.10. The normalized spacial score (nSPS) is 12.4. The summed E-state index contributed by atoms with van der Waals surface area (Å²) in [7, 11) is 0. The molecule has 0 aliphatic rings. The molecule has 1 atom stereocenters. The maximum absolute atomic E-state index is 5.59. The van der Waals surface area contributed by atoms with E-state index in [2.05, 4.69) is 28.0 Å². The summed E-state index contributed by atoms with van der Waals surface area (Å²) in [4.78, 5) is 0. The van der Waals surface area contributed by atoms with Crippen molar-refractivity contribution >= 4 is 15.9 Å². The minimum absolute atomic E-state index is 0.204. The van der Waals surface area contributed by atoms with Crippen LogP contribution in [-0.4, -0.2) is 42.8 Å². The Balaban J connectivity index is 1.42. The quantitative estimate of drug-likeness (QED) is 0.558. The van der Waals surface area contributed by atoms with Gasteiger partial charge in [0, 0.05) is 6.20 Å². The van der Waals surface area contributed by atoms with Crippen molar-refractivity contribution in [1.82, 2.24) is 9.78 Å². The number of aromatic nitrogens is 2. The Labute approximate surface area is 145 Å². The lowest BCUT2D eigenvalue weighted by atomic mass is 10.2. The molecular formula is C17H23BrN2O3. The summed E-state index contributed by atoms with van der Waals surface area (Å²) in [5.41, 5.74) is 1.18. The molecule has 2 aromatic rings. The number of rotatable bonds is 11. The summed E-state index contributed by atoms with van der Waals surface area (Å²) in [6.07, 6.45) is 3.71. The summed E-state index contributed by atoms with van der Waals surface area (Å²) >= 11 is 3.38. The van der Waals surface area contributed by atoms with Crippen LogP contribution in [0.25, 0.3) is 0 Å². The lowest BCUT2D eigenvalue weighted by molar-refractivity contribution is 0.00531. The molecule has 23 heavy (non-hydrogen) atoms. The zero-order valence-electron chi connectivity index (χ0n) is 13.4. The molecular weight excluding hydrogens is 360 g/mol. The lowest BCUT2D eigenvalue weighted by Gasteiger charge is -2.12. The maximum atomic E-state index is 5.59. The molecule has 5 nitrogen and oxygen atoms in total. The molecule has 1 aromatic carbocycles. The molecule has 0 amide bonds. The molecule has 0 aliphatic heterocycles. The minimum atomic E-state index is 0.204. The first-order valence-electron chi connectivity index (χ1n) is 7.72. The van der Waals surface area contributed by atoms with Gasteiger partial charge in [-0.05, 0) is 28.4 Å². The van der Waals surface area contributed by atoms with Crippen LogP contribution < -0.4 is 0 Å². The van der Waals surface area contributed by atoms with Crippen LogP contribution in [0.3, 0.4) is 0 Å². The average molecular weight is 383 g/mol. The van der Waals surface area contributed by atoms with Crippen molar-refractivity contribution in [2.45, 2.75) is 19.6 Å². The summed E-state index contributed by atoms with van der Waals surface area (Å²) in [6.45, 7) is 5.62. The van der Waals surface area contributed by atoms with Gasteiger partial charge in [-0.15, -0.1) is 0 Å². The fraction of sp³-hybridized carbons (Fsp3) is 0.471. The van der Waals surface area contributed by atoms with Gasteiger partial charge in [0.15, 0.2) is 0 Å². The van der Waals surface area contributed by atoms with Gasteiger partial charge in [-0.25, -0.2) is 0 Å². The molecule has 0 saturated carbocycles. The van der Waals surface area contributed by atoms with Crippen molar-refractivity contribution in [3.8, 4) is 0 Å². The average Bonchev–Trinajstić information content (AvgIpc) is 3.00. The Morgan fingerprint density at radius 3 is 2.43 bits per heavy atom. The SMILES string of the molecule is CC(COCCOCCOCc1ccccc1)n1cc(Br)cn1. The van der Waals surface area contributed by atoms with E-state index in [9.17, 15) is 0 Å². The molecule has 0 radical (unpaired) electrons. The number of benzene rings is 1. The molecule has 6 heteroatoms. The zero-order chi connectivity index (χ0) is 16.3. The molecule has 0 spiro atoms. The van der Waals surface area contributed by atoms with Gasteiger partial charge in [-0.2, -0.15) is 5.10 Å². The first-order chi connectivity index (χ1) is 11.3. The fourth-order valence-electron chi connectivity index (χ4n) is 1.99. The predicted octanol–water partition coefficient (Wildman–Crippen LogP) is 3.46. The highest BCUT2D eigenvalue weighted by atomic mass is 79.9. The van der Waals surface area contributed by atoms with Gasteiger partial charge >= 0.3 is 0 Å². The first kappa shape index (κ1) is 18.1. The van der Waals surface area contributed by atoms with Crippen LogP contribution in [0.15, 0.2) is 47.2 Å². The summed E-state index contributed by atoms with van der Waals surface area (Å²) in [5, 5.41) is 4.23. The van der Waals surface area contributed by atoms with E-state index in [0.717, 1.165) is 4.47 Å². The van der Waals surface area contributed by atoms with Crippen LogP contribution in [0.4, 0.5) is 0 Å². The minimum Gasteiger partial charge on any atom is -0.377 e. The van der Waals surface area contributed by atoms with Crippen LogP contribution in [-0.2, 0) is 20.8 Å². The highest BCUT2D eigenvalue weighted by Crippen LogP contribution is 2.11. The first-order valence-corrected chi connectivity index (χ1v) is 8.52. The topological polar surface area (TPSA) is 45.5 Å². The Kier molecular flexibility index (Phi) is 8.31. The van der Waals surface area contributed by atoms with Crippen LogP contribution in [0.2, 0.25) is 0 Å².